The van der Waals surface area contributed by atoms with Gasteiger partial charge in [-0.3, -0.25) is 4.79 Å². The molecular weight excluding hydrogens is 260 g/mol. The third-order valence-electron chi connectivity index (χ3n) is 2.44. The first-order valence-electron chi connectivity index (χ1n) is 5.90. The number of unbranched alkanes of at least 4 members (excludes halogenated alkanes) is 1. The van der Waals surface area contributed by atoms with Gasteiger partial charge < -0.3 is 4.74 Å². The van der Waals surface area contributed by atoms with Crippen LogP contribution in [-0.4, -0.2) is 24.1 Å². The van der Waals surface area contributed by atoms with Crippen LogP contribution in [0.2, 0.25) is 0 Å². The summed E-state index contributed by atoms with van der Waals surface area (Å²) in [6.45, 7) is 7.32. The number of carbonyl (C=O) groups excluding carboxylic acids is 1. The molecule has 5 heteroatoms. The summed E-state index contributed by atoms with van der Waals surface area (Å²) in [6.07, 6.45) is 2.47. The summed E-state index contributed by atoms with van der Waals surface area (Å²) in [4.78, 5) is 10.9. The molecule has 102 valence electrons. The van der Waals surface area contributed by atoms with E-state index >= 15 is 0 Å². The minimum Gasteiger partial charge on any atom is -0.469 e. The van der Waals surface area contributed by atoms with E-state index in [4.69, 9.17) is 10.5 Å². The minimum atomic E-state index is -0.208. The quantitative estimate of drug-likeness (QED) is 0.368. The van der Waals surface area contributed by atoms with Crippen molar-refractivity contribution in [2.75, 3.05) is 12.9 Å². The molecule has 0 aliphatic carbocycles. The Morgan fingerprint density at radius 3 is 2.53 bits per heavy atom. The minimum absolute atomic E-state index is 0.102. The largest absolute Gasteiger partial charge is 0.469 e. The van der Waals surface area contributed by atoms with E-state index in [1.165, 1.54) is 7.11 Å². The first-order valence-corrected chi connectivity index (χ1v) is 6.95. The number of nitriles is 2. The Hall–Kier alpha value is -1.72. The number of ether oxygens (including phenoxy) is 1. The van der Waals surface area contributed by atoms with Gasteiger partial charge in [0.1, 0.15) is 0 Å². The topological polar surface area (TPSA) is 73.9 Å². The van der Waals surface area contributed by atoms with Crippen molar-refractivity contribution >= 4 is 17.7 Å². The Bertz CT molecular complexity index is 418. The third-order valence-corrected chi connectivity index (χ3v) is 3.82. The Morgan fingerprint density at radius 2 is 2.00 bits per heavy atom. The number of allylic oxidation sites excluding steroid dienone is 1. The average molecular weight is 278 g/mol. The molecule has 0 heterocycles. The Labute approximate surface area is 118 Å². The molecule has 0 saturated heterocycles. The van der Waals surface area contributed by atoms with Crippen LogP contribution in [0.1, 0.15) is 25.7 Å². The predicted molar refractivity (Wildman–Crippen MR) is 76.2 cm³/mol. The lowest BCUT2D eigenvalue weighted by atomic mass is 10.1. The van der Waals surface area contributed by atoms with E-state index in [-0.39, 0.29) is 11.2 Å². The molecule has 0 spiro atoms. The molecule has 0 amide bonds. The highest BCUT2D eigenvalue weighted by Gasteiger charge is 2.14. The molecule has 1 atom stereocenters. The van der Waals surface area contributed by atoms with Gasteiger partial charge in [-0.05, 0) is 25.0 Å². The standard InChI is InChI=1S/C14H18N2O2S/c1-11(9-15)8-13(12(2)10-16)19-7-5-4-6-14(17)18-3/h13H,1-2,4-8H2,3H3. The molecule has 0 radical (unpaired) electrons. The molecule has 0 aromatic carbocycles. The summed E-state index contributed by atoms with van der Waals surface area (Å²) in [5.74, 6) is 0.599. The van der Waals surface area contributed by atoms with Crippen molar-refractivity contribution in [2.24, 2.45) is 0 Å². The molecule has 0 aromatic heterocycles. The maximum Gasteiger partial charge on any atom is 0.305 e. The number of hydrogen-bond acceptors (Lipinski definition) is 5. The maximum atomic E-state index is 10.9. The number of thioether (sulfide) groups is 1. The zero-order chi connectivity index (χ0) is 14.7. The fourth-order valence-electron chi connectivity index (χ4n) is 1.32. The molecule has 19 heavy (non-hydrogen) atoms. The molecular formula is C14H18N2O2S. The van der Waals surface area contributed by atoms with Crippen LogP contribution in [0.5, 0.6) is 0 Å². The fourth-order valence-corrected chi connectivity index (χ4v) is 2.55. The summed E-state index contributed by atoms with van der Waals surface area (Å²) in [6, 6.07) is 4.00. The first kappa shape index (κ1) is 17.3. The highest BCUT2D eigenvalue weighted by molar-refractivity contribution is 8.00. The summed E-state index contributed by atoms with van der Waals surface area (Å²) < 4.78 is 4.55. The van der Waals surface area contributed by atoms with E-state index in [0.29, 0.717) is 24.0 Å². The van der Waals surface area contributed by atoms with Crippen molar-refractivity contribution in [3.8, 4) is 12.1 Å². The van der Waals surface area contributed by atoms with Crippen LogP contribution in [-0.2, 0) is 9.53 Å². The monoisotopic (exact) mass is 278 g/mol. The van der Waals surface area contributed by atoms with Gasteiger partial charge in [0.05, 0.1) is 19.2 Å². The zero-order valence-electron chi connectivity index (χ0n) is 11.1. The predicted octanol–water partition coefficient (Wildman–Crippen LogP) is 2.98. The second kappa shape index (κ2) is 10.2. The molecule has 0 bridgehead atoms. The van der Waals surface area contributed by atoms with E-state index in [1.54, 1.807) is 11.8 Å². The third kappa shape index (κ3) is 8.07. The van der Waals surface area contributed by atoms with Gasteiger partial charge in [-0.1, -0.05) is 13.2 Å². The van der Waals surface area contributed by atoms with Crippen LogP contribution in [0, 0.1) is 22.7 Å². The van der Waals surface area contributed by atoms with Crippen molar-refractivity contribution in [1.29, 1.82) is 10.5 Å². The summed E-state index contributed by atoms with van der Waals surface area (Å²) in [7, 11) is 1.37. The van der Waals surface area contributed by atoms with Gasteiger partial charge in [-0.25, -0.2) is 0 Å². The summed E-state index contributed by atoms with van der Waals surface area (Å²) >= 11 is 1.57. The molecule has 0 rings (SSSR count). The van der Waals surface area contributed by atoms with Gasteiger partial charge in [0.2, 0.25) is 0 Å². The molecule has 0 fully saturated rings. The second-order valence-electron chi connectivity index (χ2n) is 3.95. The highest BCUT2D eigenvalue weighted by atomic mass is 32.2. The molecule has 0 N–H and O–H groups in total. The SMILES string of the molecule is C=C(C#N)CC(SCCCCC(=O)OC)C(=C)C#N. The smallest absolute Gasteiger partial charge is 0.305 e. The molecule has 0 aliphatic heterocycles. The van der Waals surface area contributed by atoms with Crippen molar-refractivity contribution in [3.63, 3.8) is 0 Å². The highest BCUT2D eigenvalue weighted by Crippen LogP contribution is 2.25. The number of esters is 1. The van der Waals surface area contributed by atoms with E-state index in [9.17, 15) is 4.79 Å². The van der Waals surface area contributed by atoms with Crippen LogP contribution >= 0.6 is 11.8 Å². The Morgan fingerprint density at radius 1 is 1.32 bits per heavy atom. The molecule has 0 saturated carbocycles. The van der Waals surface area contributed by atoms with Gasteiger partial charge in [0.15, 0.2) is 0 Å². The fraction of sp³-hybridized carbons (Fsp3) is 0.500. The number of rotatable bonds is 9. The zero-order valence-corrected chi connectivity index (χ0v) is 12.0. The number of hydrogen-bond donors (Lipinski definition) is 0. The number of methoxy groups -OCH3 is 1. The first-order chi connectivity index (χ1) is 9.04. The van der Waals surface area contributed by atoms with Crippen LogP contribution in [0.3, 0.4) is 0 Å². The summed E-state index contributed by atoms with van der Waals surface area (Å²) in [5, 5.41) is 17.5. The maximum absolute atomic E-state index is 10.9. The van der Waals surface area contributed by atoms with Crippen LogP contribution in [0.25, 0.3) is 0 Å². The summed E-state index contributed by atoms with van der Waals surface area (Å²) in [5.41, 5.74) is 0.901. The van der Waals surface area contributed by atoms with Crippen molar-refractivity contribution in [2.45, 2.75) is 30.9 Å². The lowest BCUT2D eigenvalue weighted by Gasteiger charge is -2.13. The normalized spacial score (nSPS) is 10.9. The Balaban J connectivity index is 4.05. The lowest BCUT2D eigenvalue weighted by molar-refractivity contribution is -0.140. The van der Waals surface area contributed by atoms with Gasteiger partial charge in [0, 0.05) is 22.8 Å². The lowest BCUT2D eigenvalue weighted by Crippen LogP contribution is -2.07. The average Bonchev–Trinajstić information content (AvgIpc) is 2.43. The van der Waals surface area contributed by atoms with Crippen molar-refractivity contribution in [3.05, 3.63) is 24.3 Å². The van der Waals surface area contributed by atoms with Crippen LogP contribution < -0.4 is 0 Å². The van der Waals surface area contributed by atoms with E-state index in [0.717, 1.165) is 18.6 Å². The molecule has 4 nitrogen and oxygen atoms in total. The molecule has 0 aliphatic rings. The van der Waals surface area contributed by atoms with Gasteiger partial charge in [-0.2, -0.15) is 22.3 Å². The van der Waals surface area contributed by atoms with E-state index < -0.39 is 0 Å². The van der Waals surface area contributed by atoms with Crippen LogP contribution in [0.15, 0.2) is 24.3 Å². The van der Waals surface area contributed by atoms with Crippen LogP contribution in [0.4, 0.5) is 0 Å². The van der Waals surface area contributed by atoms with Crippen molar-refractivity contribution in [1.82, 2.24) is 0 Å². The Kier molecular flexibility index (Phi) is 9.30. The molecule has 1 unspecified atom stereocenters. The van der Waals surface area contributed by atoms with Gasteiger partial charge >= 0.3 is 5.97 Å². The second-order valence-corrected chi connectivity index (χ2v) is 5.26. The van der Waals surface area contributed by atoms with Gasteiger partial charge in [-0.15, -0.1) is 0 Å². The molecule has 0 aromatic rings. The number of carbonyl (C=O) groups is 1. The van der Waals surface area contributed by atoms with E-state index in [1.807, 2.05) is 12.1 Å². The van der Waals surface area contributed by atoms with Crippen molar-refractivity contribution < 1.29 is 9.53 Å². The number of nitrogens with zero attached hydrogens (tertiary/aromatic N) is 2. The van der Waals surface area contributed by atoms with Gasteiger partial charge in [0.25, 0.3) is 0 Å². The van der Waals surface area contributed by atoms with E-state index in [2.05, 4.69) is 17.9 Å².